The number of fused-ring (bicyclic) bond motifs is 1. The van der Waals surface area contributed by atoms with E-state index in [1.54, 1.807) is 12.1 Å². The molecule has 0 aromatic heterocycles. The van der Waals surface area contributed by atoms with Crippen molar-refractivity contribution in [3.05, 3.63) is 23.8 Å². The van der Waals surface area contributed by atoms with Crippen molar-refractivity contribution in [1.29, 1.82) is 0 Å². The number of nitrogens with zero attached hydrogens (tertiary/aromatic N) is 1. The number of nitrogens with one attached hydrogen (secondary N) is 1. The van der Waals surface area contributed by atoms with Crippen molar-refractivity contribution in [2.45, 2.75) is 6.54 Å². The van der Waals surface area contributed by atoms with E-state index in [-0.39, 0.29) is 6.61 Å². The fourth-order valence-corrected chi connectivity index (χ4v) is 1.94. The van der Waals surface area contributed by atoms with Crippen molar-refractivity contribution < 1.29 is 14.3 Å². The lowest BCUT2D eigenvalue weighted by atomic mass is 10.1. The lowest BCUT2D eigenvalue weighted by molar-refractivity contribution is -0.120. The Morgan fingerprint density at radius 3 is 3.00 bits per heavy atom. The Hall–Kier alpha value is -1.53. The van der Waals surface area contributed by atoms with E-state index in [9.17, 15) is 9.59 Å². The SMILES string of the molecule is CNCc1ccc2c(c1)N(C(=O)S)C(=O)CO2. The average molecular weight is 252 g/mol. The molecule has 0 bridgehead atoms. The largest absolute Gasteiger partial charge is 0.482 e. The van der Waals surface area contributed by atoms with Crippen molar-refractivity contribution in [2.75, 3.05) is 18.6 Å². The summed E-state index contributed by atoms with van der Waals surface area (Å²) in [7, 11) is 1.82. The van der Waals surface area contributed by atoms with Crippen LogP contribution in [0.4, 0.5) is 10.5 Å². The van der Waals surface area contributed by atoms with Crippen molar-refractivity contribution in [3.8, 4) is 5.75 Å². The number of imide groups is 1. The van der Waals surface area contributed by atoms with Crippen molar-refractivity contribution in [1.82, 2.24) is 5.32 Å². The molecule has 1 aliphatic rings. The second-order valence-corrected chi connectivity index (χ2v) is 4.02. The minimum atomic E-state index is -0.596. The molecule has 0 aliphatic carbocycles. The van der Waals surface area contributed by atoms with E-state index in [1.807, 2.05) is 13.1 Å². The van der Waals surface area contributed by atoms with E-state index in [0.29, 0.717) is 18.0 Å². The fourth-order valence-electron chi connectivity index (χ4n) is 1.72. The molecular weight excluding hydrogens is 240 g/mol. The zero-order chi connectivity index (χ0) is 12.4. The lowest BCUT2D eigenvalue weighted by Crippen LogP contribution is -2.40. The molecule has 5 nitrogen and oxygen atoms in total. The van der Waals surface area contributed by atoms with Gasteiger partial charge >= 0.3 is 0 Å². The standard InChI is InChI=1S/C11H12N2O3S/c1-12-5-7-2-3-9-8(4-7)13(11(15)17)10(14)6-16-9/h2-4,12H,5-6H2,1H3,(H,15,17). The molecule has 1 aromatic carbocycles. The van der Waals surface area contributed by atoms with Gasteiger partial charge in [-0.15, -0.1) is 0 Å². The molecule has 17 heavy (non-hydrogen) atoms. The highest BCUT2D eigenvalue weighted by Crippen LogP contribution is 2.33. The maximum absolute atomic E-state index is 11.6. The molecule has 0 saturated heterocycles. The molecule has 0 spiro atoms. The summed E-state index contributed by atoms with van der Waals surface area (Å²) in [6.07, 6.45) is 0. The quantitative estimate of drug-likeness (QED) is 0.776. The summed E-state index contributed by atoms with van der Waals surface area (Å²) in [6.45, 7) is 0.515. The maximum Gasteiger partial charge on any atom is 0.290 e. The first kappa shape index (κ1) is 11.9. The van der Waals surface area contributed by atoms with Gasteiger partial charge in [-0.2, -0.15) is 0 Å². The molecular formula is C11H12N2O3S. The van der Waals surface area contributed by atoms with Gasteiger partial charge in [-0.05, 0) is 24.7 Å². The Kier molecular flexibility index (Phi) is 3.35. The van der Waals surface area contributed by atoms with Gasteiger partial charge in [0.15, 0.2) is 6.61 Å². The molecule has 0 fully saturated rings. The van der Waals surface area contributed by atoms with E-state index in [0.717, 1.165) is 10.5 Å². The van der Waals surface area contributed by atoms with Crippen LogP contribution in [0.5, 0.6) is 5.75 Å². The van der Waals surface area contributed by atoms with Crippen LogP contribution in [-0.2, 0) is 11.3 Å². The van der Waals surface area contributed by atoms with E-state index in [1.165, 1.54) is 0 Å². The molecule has 1 N–H and O–H groups in total. The monoisotopic (exact) mass is 252 g/mol. The minimum absolute atomic E-state index is 0.134. The number of hydrogen-bond donors (Lipinski definition) is 2. The van der Waals surface area contributed by atoms with Gasteiger partial charge in [-0.3, -0.25) is 9.59 Å². The van der Waals surface area contributed by atoms with E-state index >= 15 is 0 Å². The molecule has 0 saturated carbocycles. The van der Waals surface area contributed by atoms with Crippen LogP contribution >= 0.6 is 12.6 Å². The molecule has 6 heteroatoms. The van der Waals surface area contributed by atoms with Gasteiger partial charge in [0, 0.05) is 6.54 Å². The summed E-state index contributed by atoms with van der Waals surface area (Å²) in [5.41, 5.74) is 1.41. The smallest absolute Gasteiger partial charge is 0.290 e. The molecule has 0 atom stereocenters. The molecule has 2 amide bonds. The molecule has 0 unspecified atom stereocenters. The van der Waals surface area contributed by atoms with Gasteiger partial charge in [-0.1, -0.05) is 18.7 Å². The molecule has 1 heterocycles. The molecule has 90 valence electrons. The number of carbonyl (C=O) groups excluding carboxylic acids is 2. The summed E-state index contributed by atoms with van der Waals surface area (Å²) in [5.74, 6) is 0.117. The Bertz CT molecular complexity index is 476. The third-order valence-corrected chi connectivity index (χ3v) is 2.64. The van der Waals surface area contributed by atoms with E-state index in [4.69, 9.17) is 4.74 Å². The number of amides is 2. The number of rotatable bonds is 2. The summed E-state index contributed by atoms with van der Waals surface area (Å²) in [5, 5.41) is 2.40. The van der Waals surface area contributed by atoms with Crippen LogP contribution in [0.2, 0.25) is 0 Å². The second-order valence-electron chi connectivity index (χ2n) is 3.63. The predicted molar refractivity (Wildman–Crippen MR) is 66.6 cm³/mol. The van der Waals surface area contributed by atoms with Crippen molar-refractivity contribution in [2.24, 2.45) is 0 Å². The molecule has 0 radical (unpaired) electrons. The Labute approximate surface area is 104 Å². The van der Waals surface area contributed by atoms with E-state index < -0.39 is 11.1 Å². The van der Waals surface area contributed by atoms with Crippen molar-refractivity contribution in [3.63, 3.8) is 0 Å². The fraction of sp³-hybridized carbons (Fsp3) is 0.273. The number of carbonyl (C=O) groups is 2. The highest BCUT2D eigenvalue weighted by atomic mass is 32.1. The number of thiol groups is 1. The molecule has 1 aromatic rings. The number of ether oxygens (including phenoxy) is 1. The van der Waals surface area contributed by atoms with Crippen LogP contribution in [0.15, 0.2) is 18.2 Å². The van der Waals surface area contributed by atoms with Gasteiger partial charge in [0.1, 0.15) is 5.75 Å². The first-order valence-electron chi connectivity index (χ1n) is 5.09. The Balaban J connectivity index is 2.45. The molecule has 2 rings (SSSR count). The Morgan fingerprint density at radius 1 is 1.59 bits per heavy atom. The van der Waals surface area contributed by atoms with Crippen molar-refractivity contribution >= 4 is 29.5 Å². The summed E-state index contributed by atoms with van der Waals surface area (Å²) < 4.78 is 5.25. The van der Waals surface area contributed by atoms with Gasteiger partial charge < -0.3 is 10.1 Å². The van der Waals surface area contributed by atoms with Crippen LogP contribution in [0, 0.1) is 0 Å². The number of anilines is 1. The topological polar surface area (TPSA) is 58.6 Å². The van der Waals surface area contributed by atoms with Gasteiger partial charge in [-0.25, -0.2) is 4.90 Å². The Morgan fingerprint density at radius 2 is 2.35 bits per heavy atom. The lowest BCUT2D eigenvalue weighted by Gasteiger charge is -2.26. The first-order valence-corrected chi connectivity index (χ1v) is 5.54. The predicted octanol–water partition coefficient (Wildman–Crippen LogP) is 1.18. The van der Waals surface area contributed by atoms with Gasteiger partial charge in [0.25, 0.3) is 11.1 Å². The zero-order valence-corrected chi connectivity index (χ0v) is 10.2. The maximum atomic E-state index is 11.6. The third kappa shape index (κ3) is 2.27. The molecule has 1 aliphatic heterocycles. The van der Waals surface area contributed by atoms with Gasteiger partial charge in [0.05, 0.1) is 5.69 Å². The highest BCUT2D eigenvalue weighted by molar-refractivity contribution is 7.97. The van der Waals surface area contributed by atoms with Crippen LogP contribution in [0.1, 0.15) is 5.56 Å². The summed E-state index contributed by atoms with van der Waals surface area (Å²) in [4.78, 5) is 24.0. The van der Waals surface area contributed by atoms with Crippen LogP contribution in [0.3, 0.4) is 0 Å². The minimum Gasteiger partial charge on any atom is -0.482 e. The number of hydrogen-bond acceptors (Lipinski definition) is 4. The van der Waals surface area contributed by atoms with Gasteiger partial charge in [0.2, 0.25) is 0 Å². The zero-order valence-electron chi connectivity index (χ0n) is 9.27. The summed E-state index contributed by atoms with van der Waals surface area (Å²) >= 11 is 3.71. The first-order chi connectivity index (χ1) is 8.13. The average Bonchev–Trinajstić information content (AvgIpc) is 2.28. The third-order valence-electron chi connectivity index (χ3n) is 2.44. The van der Waals surface area contributed by atoms with Crippen LogP contribution in [0.25, 0.3) is 0 Å². The van der Waals surface area contributed by atoms with E-state index in [2.05, 4.69) is 17.9 Å². The highest BCUT2D eigenvalue weighted by Gasteiger charge is 2.29. The second kappa shape index (κ2) is 4.77. The van der Waals surface area contributed by atoms with Crippen LogP contribution < -0.4 is 15.0 Å². The normalized spacial score (nSPS) is 14.2. The summed E-state index contributed by atoms with van der Waals surface area (Å²) in [6, 6.07) is 5.38. The number of benzene rings is 1. The van der Waals surface area contributed by atoms with Crippen LogP contribution in [-0.4, -0.2) is 24.8 Å².